The number of nitrogens with one attached hydrogen (secondary N) is 1. The standard InChI is InChI=1S/C9H16N2OS/c1-7(6-12-3)4-11-5-8(2)10-9(11)13/h5,7H,4,6H2,1-3H3,(H,10,13). The van der Waals surface area contributed by atoms with Gasteiger partial charge in [-0.15, -0.1) is 0 Å². The van der Waals surface area contributed by atoms with Gasteiger partial charge in [-0.3, -0.25) is 0 Å². The van der Waals surface area contributed by atoms with Crippen LogP contribution < -0.4 is 0 Å². The van der Waals surface area contributed by atoms with Gasteiger partial charge in [0.15, 0.2) is 4.77 Å². The van der Waals surface area contributed by atoms with E-state index in [1.807, 2.05) is 17.7 Å². The highest BCUT2D eigenvalue weighted by molar-refractivity contribution is 7.71. The predicted octanol–water partition coefficient (Wildman–Crippen LogP) is 2.14. The lowest BCUT2D eigenvalue weighted by molar-refractivity contribution is 0.151. The summed E-state index contributed by atoms with van der Waals surface area (Å²) in [5.41, 5.74) is 1.11. The highest BCUT2D eigenvalue weighted by Crippen LogP contribution is 2.04. The lowest BCUT2D eigenvalue weighted by Crippen LogP contribution is -2.11. The summed E-state index contributed by atoms with van der Waals surface area (Å²) in [5.74, 6) is 0.492. The monoisotopic (exact) mass is 200 g/mol. The van der Waals surface area contributed by atoms with Gasteiger partial charge in [0, 0.05) is 25.5 Å². The third-order valence-electron chi connectivity index (χ3n) is 1.87. The fourth-order valence-electron chi connectivity index (χ4n) is 1.37. The Morgan fingerprint density at radius 3 is 2.85 bits per heavy atom. The molecule has 0 amide bonds. The molecule has 1 N–H and O–H groups in total. The van der Waals surface area contributed by atoms with Crippen LogP contribution in [-0.2, 0) is 11.3 Å². The second kappa shape index (κ2) is 4.58. The number of aryl methyl sites for hydroxylation is 1. The smallest absolute Gasteiger partial charge is 0.177 e. The Balaban J connectivity index is 2.63. The van der Waals surface area contributed by atoms with E-state index in [0.717, 1.165) is 23.6 Å². The van der Waals surface area contributed by atoms with Gasteiger partial charge in [0.1, 0.15) is 0 Å². The summed E-state index contributed by atoms with van der Waals surface area (Å²) in [5, 5.41) is 0. The van der Waals surface area contributed by atoms with Crippen LogP contribution >= 0.6 is 12.2 Å². The Bertz CT molecular complexity index is 316. The molecule has 3 nitrogen and oxygen atoms in total. The van der Waals surface area contributed by atoms with Crippen molar-refractivity contribution in [3.8, 4) is 0 Å². The van der Waals surface area contributed by atoms with Gasteiger partial charge in [-0.25, -0.2) is 0 Å². The molecule has 1 atom stereocenters. The van der Waals surface area contributed by atoms with Gasteiger partial charge in [-0.05, 0) is 25.1 Å². The van der Waals surface area contributed by atoms with Crippen molar-refractivity contribution in [1.29, 1.82) is 0 Å². The van der Waals surface area contributed by atoms with Gasteiger partial charge in [-0.1, -0.05) is 6.92 Å². The molecule has 0 aliphatic carbocycles. The molecule has 0 saturated carbocycles. The van der Waals surface area contributed by atoms with Gasteiger partial charge in [0.25, 0.3) is 0 Å². The largest absolute Gasteiger partial charge is 0.384 e. The molecule has 0 bridgehead atoms. The van der Waals surface area contributed by atoms with Crippen molar-refractivity contribution in [1.82, 2.24) is 9.55 Å². The Kier molecular flexibility index (Phi) is 3.69. The Morgan fingerprint density at radius 2 is 2.38 bits per heavy atom. The van der Waals surface area contributed by atoms with Crippen LogP contribution in [0.3, 0.4) is 0 Å². The SMILES string of the molecule is COCC(C)Cn1cc(C)[nH]c1=S. The number of H-pyrrole nitrogens is 1. The predicted molar refractivity (Wildman–Crippen MR) is 55.4 cm³/mol. The maximum absolute atomic E-state index is 5.14. The van der Waals surface area contributed by atoms with Crippen molar-refractivity contribution in [3.63, 3.8) is 0 Å². The van der Waals surface area contributed by atoms with E-state index >= 15 is 0 Å². The summed E-state index contributed by atoms with van der Waals surface area (Å²) < 4.78 is 7.91. The zero-order valence-corrected chi connectivity index (χ0v) is 9.15. The van der Waals surface area contributed by atoms with Gasteiger partial charge in [0.05, 0.1) is 6.61 Å². The van der Waals surface area contributed by atoms with E-state index in [0.29, 0.717) is 5.92 Å². The molecule has 1 heterocycles. The molecule has 0 radical (unpaired) electrons. The summed E-state index contributed by atoms with van der Waals surface area (Å²) in [7, 11) is 1.72. The molecule has 0 spiro atoms. The molecular weight excluding hydrogens is 184 g/mol. The first-order valence-electron chi connectivity index (χ1n) is 4.38. The maximum atomic E-state index is 5.14. The molecule has 0 aliphatic rings. The van der Waals surface area contributed by atoms with Crippen LogP contribution in [-0.4, -0.2) is 23.3 Å². The lowest BCUT2D eigenvalue weighted by atomic mass is 10.2. The third-order valence-corrected chi connectivity index (χ3v) is 2.21. The first kappa shape index (κ1) is 10.5. The molecule has 0 fully saturated rings. The highest BCUT2D eigenvalue weighted by Gasteiger charge is 2.03. The van der Waals surface area contributed by atoms with Crippen LogP contribution in [0.15, 0.2) is 6.20 Å². The van der Waals surface area contributed by atoms with Crippen molar-refractivity contribution < 1.29 is 4.74 Å². The summed E-state index contributed by atoms with van der Waals surface area (Å²) in [6, 6.07) is 0. The van der Waals surface area contributed by atoms with Crippen molar-refractivity contribution >= 4 is 12.2 Å². The first-order chi connectivity index (χ1) is 6.13. The number of aromatic amines is 1. The van der Waals surface area contributed by atoms with Gasteiger partial charge in [0.2, 0.25) is 0 Å². The number of hydrogen-bond donors (Lipinski definition) is 1. The normalized spacial score (nSPS) is 13.2. The van der Waals surface area contributed by atoms with E-state index in [-0.39, 0.29) is 0 Å². The molecule has 0 saturated heterocycles. The van der Waals surface area contributed by atoms with Crippen LogP contribution in [0.25, 0.3) is 0 Å². The van der Waals surface area contributed by atoms with Gasteiger partial charge in [-0.2, -0.15) is 0 Å². The van der Waals surface area contributed by atoms with E-state index in [1.54, 1.807) is 7.11 Å². The number of nitrogens with zero attached hydrogens (tertiary/aromatic N) is 1. The van der Waals surface area contributed by atoms with Crippen molar-refractivity contribution in [2.24, 2.45) is 5.92 Å². The minimum atomic E-state index is 0.492. The van der Waals surface area contributed by atoms with E-state index in [4.69, 9.17) is 17.0 Å². The van der Waals surface area contributed by atoms with Crippen LogP contribution in [0.5, 0.6) is 0 Å². The topological polar surface area (TPSA) is 29.9 Å². The van der Waals surface area contributed by atoms with Crippen LogP contribution in [0, 0.1) is 17.6 Å². The number of methoxy groups -OCH3 is 1. The number of ether oxygens (including phenoxy) is 1. The Labute approximate surface area is 83.7 Å². The Morgan fingerprint density at radius 1 is 1.69 bits per heavy atom. The summed E-state index contributed by atoms with van der Waals surface area (Å²) in [4.78, 5) is 3.09. The second-order valence-electron chi connectivity index (χ2n) is 3.46. The molecule has 1 rings (SSSR count). The van der Waals surface area contributed by atoms with Gasteiger partial charge < -0.3 is 14.3 Å². The van der Waals surface area contributed by atoms with Crippen LogP contribution in [0.4, 0.5) is 0 Å². The molecular formula is C9H16N2OS. The number of hydrogen-bond acceptors (Lipinski definition) is 2. The van der Waals surface area contributed by atoms with Crippen molar-refractivity contribution in [2.45, 2.75) is 20.4 Å². The van der Waals surface area contributed by atoms with E-state index in [1.165, 1.54) is 0 Å². The molecule has 13 heavy (non-hydrogen) atoms. The van der Waals surface area contributed by atoms with E-state index < -0.39 is 0 Å². The molecule has 1 unspecified atom stereocenters. The van der Waals surface area contributed by atoms with E-state index in [2.05, 4.69) is 11.9 Å². The molecule has 74 valence electrons. The molecule has 1 aromatic rings. The van der Waals surface area contributed by atoms with Crippen molar-refractivity contribution in [2.75, 3.05) is 13.7 Å². The molecule has 4 heteroatoms. The van der Waals surface area contributed by atoms with E-state index in [9.17, 15) is 0 Å². The zero-order chi connectivity index (χ0) is 9.84. The van der Waals surface area contributed by atoms with Gasteiger partial charge >= 0.3 is 0 Å². The number of aromatic nitrogens is 2. The number of imidazole rings is 1. The highest BCUT2D eigenvalue weighted by atomic mass is 32.1. The quantitative estimate of drug-likeness (QED) is 0.755. The first-order valence-corrected chi connectivity index (χ1v) is 4.79. The fraction of sp³-hybridized carbons (Fsp3) is 0.667. The average molecular weight is 200 g/mol. The number of rotatable bonds is 4. The maximum Gasteiger partial charge on any atom is 0.177 e. The third kappa shape index (κ3) is 2.97. The second-order valence-corrected chi connectivity index (χ2v) is 3.84. The summed E-state index contributed by atoms with van der Waals surface area (Å²) in [6.07, 6.45) is 2.04. The van der Waals surface area contributed by atoms with Crippen molar-refractivity contribution in [3.05, 3.63) is 16.7 Å². The minimum Gasteiger partial charge on any atom is -0.384 e. The molecule has 1 aromatic heterocycles. The summed E-state index contributed by atoms with van der Waals surface area (Å²) in [6.45, 7) is 5.84. The molecule has 0 aliphatic heterocycles. The van der Waals surface area contributed by atoms with Crippen LogP contribution in [0.1, 0.15) is 12.6 Å². The fourth-order valence-corrected chi connectivity index (χ4v) is 1.66. The summed E-state index contributed by atoms with van der Waals surface area (Å²) >= 11 is 5.14. The average Bonchev–Trinajstić information content (AvgIpc) is 2.30. The van der Waals surface area contributed by atoms with Crippen LogP contribution in [0.2, 0.25) is 0 Å². The molecule has 0 aromatic carbocycles. The lowest BCUT2D eigenvalue weighted by Gasteiger charge is -2.10. The Hall–Kier alpha value is -0.610. The minimum absolute atomic E-state index is 0.492. The zero-order valence-electron chi connectivity index (χ0n) is 8.33.